The van der Waals surface area contributed by atoms with Crippen LogP contribution in [0.5, 0.6) is 0 Å². The fourth-order valence-corrected chi connectivity index (χ4v) is 1.76. The number of ketones is 2. The van der Waals surface area contributed by atoms with Gasteiger partial charge in [0.2, 0.25) is 0 Å². The summed E-state index contributed by atoms with van der Waals surface area (Å²) in [5.74, 6) is -1.32. The van der Waals surface area contributed by atoms with Gasteiger partial charge in [-0.15, -0.1) is 0 Å². The Bertz CT molecular complexity index is 665. The number of nitrogens with two attached hydrogens (primary N) is 1. The van der Waals surface area contributed by atoms with Crippen LogP contribution in [0.2, 0.25) is 0 Å². The molecule has 4 heteroatoms. The molecule has 96 valence electrons. The van der Waals surface area contributed by atoms with Crippen molar-refractivity contribution in [3.63, 3.8) is 0 Å². The molecular formula is C15H12FNO2. The first-order valence-electron chi connectivity index (χ1n) is 5.70. The zero-order chi connectivity index (χ0) is 14.0. The standard InChI is InChI=1S/C15H12FNO2/c1-9(18)10-6-7-14(17)12(8-10)15(19)11-4-2-3-5-13(11)16/h2-8H,17H2,1H3. The van der Waals surface area contributed by atoms with Crippen LogP contribution in [0.25, 0.3) is 0 Å². The van der Waals surface area contributed by atoms with E-state index in [1.165, 1.54) is 43.3 Å². The summed E-state index contributed by atoms with van der Waals surface area (Å²) in [5, 5.41) is 0. The van der Waals surface area contributed by atoms with Crippen LogP contribution in [-0.4, -0.2) is 11.6 Å². The molecule has 0 aliphatic carbocycles. The number of anilines is 1. The molecule has 0 saturated heterocycles. The highest BCUT2D eigenvalue weighted by molar-refractivity contribution is 6.13. The quantitative estimate of drug-likeness (QED) is 0.679. The van der Waals surface area contributed by atoms with Gasteiger partial charge in [-0.2, -0.15) is 0 Å². The fraction of sp³-hybridized carbons (Fsp3) is 0.0667. The smallest absolute Gasteiger partial charge is 0.198 e. The molecule has 0 unspecified atom stereocenters. The number of benzene rings is 2. The van der Waals surface area contributed by atoms with Gasteiger partial charge in [-0.1, -0.05) is 12.1 Å². The second-order valence-electron chi connectivity index (χ2n) is 4.17. The molecule has 0 amide bonds. The van der Waals surface area contributed by atoms with Crippen LogP contribution < -0.4 is 5.73 Å². The molecule has 2 aromatic rings. The summed E-state index contributed by atoms with van der Waals surface area (Å²) < 4.78 is 13.6. The van der Waals surface area contributed by atoms with E-state index in [9.17, 15) is 14.0 Å². The topological polar surface area (TPSA) is 60.2 Å². The minimum absolute atomic E-state index is 0.0603. The average molecular weight is 257 g/mol. The van der Waals surface area contributed by atoms with Gasteiger partial charge < -0.3 is 5.73 Å². The van der Waals surface area contributed by atoms with E-state index < -0.39 is 11.6 Å². The van der Waals surface area contributed by atoms with Gasteiger partial charge in [0.05, 0.1) is 5.56 Å². The van der Waals surface area contributed by atoms with Crippen LogP contribution in [0.15, 0.2) is 42.5 Å². The second kappa shape index (κ2) is 5.02. The number of halogens is 1. The molecule has 0 spiro atoms. The molecule has 0 radical (unpaired) electrons. The van der Waals surface area contributed by atoms with Crippen molar-refractivity contribution in [2.45, 2.75) is 6.92 Å². The molecule has 0 saturated carbocycles. The highest BCUT2D eigenvalue weighted by atomic mass is 19.1. The first-order chi connectivity index (χ1) is 9.00. The van der Waals surface area contributed by atoms with Crippen LogP contribution in [0.3, 0.4) is 0 Å². The number of rotatable bonds is 3. The molecule has 19 heavy (non-hydrogen) atoms. The lowest BCUT2D eigenvalue weighted by Crippen LogP contribution is -2.09. The van der Waals surface area contributed by atoms with Crippen molar-refractivity contribution in [2.24, 2.45) is 0 Å². The predicted octanol–water partition coefficient (Wildman–Crippen LogP) is 2.84. The number of carbonyl (C=O) groups excluding carboxylic acids is 2. The van der Waals surface area contributed by atoms with Crippen molar-refractivity contribution in [1.29, 1.82) is 0 Å². The molecule has 2 N–H and O–H groups in total. The van der Waals surface area contributed by atoms with Gasteiger partial charge in [-0.05, 0) is 37.3 Å². The molecule has 0 atom stereocenters. The van der Waals surface area contributed by atoms with Crippen LogP contribution in [0.1, 0.15) is 33.2 Å². The number of nitrogen functional groups attached to an aromatic ring is 1. The van der Waals surface area contributed by atoms with E-state index in [2.05, 4.69) is 0 Å². The Kier molecular flexibility index (Phi) is 3.42. The van der Waals surface area contributed by atoms with Gasteiger partial charge in [-0.25, -0.2) is 4.39 Å². The van der Waals surface area contributed by atoms with Crippen molar-refractivity contribution in [1.82, 2.24) is 0 Å². The highest BCUT2D eigenvalue weighted by Gasteiger charge is 2.17. The maximum absolute atomic E-state index is 13.6. The SMILES string of the molecule is CC(=O)c1ccc(N)c(C(=O)c2ccccc2F)c1. The zero-order valence-corrected chi connectivity index (χ0v) is 10.3. The molecule has 0 aromatic heterocycles. The van der Waals surface area contributed by atoms with Gasteiger partial charge in [0, 0.05) is 16.8 Å². The van der Waals surface area contributed by atoms with Gasteiger partial charge >= 0.3 is 0 Å². The van der Waals surface area contributed by atoms with E-state index in [0.29, 0.717) is 5.56 Å². The number of hydrogen-bond acceptors (Lipinski definition) is 3. The van der Waals surface area contributed by atoms with Crippen LogP contribution in [-0.2, 0) is 0 Å². The predicted molar refractivity (Wildman–Crippen MR) is 70.7 cm³/mol. The monoisotopic (exact) mass is 257 g/mol. The lowest BCUT2D eigenvalue weighted by molar-refractivity contribution is 0.101. The summed E-state index contributed by atoms with van der Waals surface area (Å²) in [5.41, 5.74) is 6.39. The molecule has 0 aliphatic heterocycles. The van der Waals surface area contributed by atoms with Crippen molar-refractivity contribution in [2.75, 3.05) is 5.73 Å². The fourth-order valence-electron chi connectivity index (χ4n) is 1.76. The summed E-state index contributed by atoms with van der Waals surface area (Å²) in [6.45, 7) is 1.39. The Balaban J connectivity index is 2.53. The Morgan fingerprint density at radius 1 is 1.05 bits per heavy atom. The van der Waals surface area contributed by atoms with E-state index in [1.54, 1.807) is 6.07 Å². The molecule has 0 bridgehead atoms. The van der Waals surface area contributed by atoms with Crippen molar-refractivity contribution in [3.05, 3.63) is 65.0 Å². The normalized spacial score (nSPS) is 10.2. The molecular weight excluding hydrogens is 245 g/mol. The summed E-state index contributed by atoms with van der Waals surface area (Å²) >= 11 is 0. The number of hydrogen-bond donors (Lipinski definition) is 1. The Labute approximate surface area is 109 Å². The van der Waals surface area contributed by atoms with Gasteiger partial charge in [0.25, 0.3) is 0 Å². The summed E-state index contributed by atoms with van der Waals surface area (Å²) in [6, 6.07) is 10.1. The van der Waals surface area contributed by atoms with E-state index in [4.69, 9.17) is 5.73 Å². The maximum atomic E-state index is 13.6. The molecule has 0 heterocycles. The summed E-state index contributed by atoms with van der Waals surface area (Å²) in [6.07, 6.45) is 0. The van der Waals surface area contributed by atoms with Gasteiger partial charge in [-0.3, -0.25) is 9.59 Å². The van der Waals surface area contributed by atoms with Crippen LogP contribution >= 0.6 is 0 Å². The third-order valence-electron chi connectivity index (χ3n) is 2.82. The zero-order valence-electron chi connectivity index (χ0n) is 10.3. The van der Waals surface area contributed by atoms with Crippen molar-refractivity contribution in [3.8, 4) is 0 Å². The Hall–Kier alpha value is -2.49. The average Bonchev–Trinajstić information content (AvgIpc) is 2.38. The van der Waals surface area contributed by atoms with E-state index in [-0.39, 0.29) is 22.6 Å². The lowest BCUT2D eigenvalue weighted by atomic mass is 9.98. The first-order valence-corrected chi connectivity index (χ1v) is 5.70. The van der Waals surface area contributed by atoms with Crippen molar-refractivity contribution >= 4 is 17.3 Å². The third-order valence-corrected chi connectivity index (χ3v) is 2.82. The third kappa shape index (κ3) is 2.52. The van der Waals surface area contributed by atoms with Crippen LogP contribution in [0, 0.1) is 5.82 Å². The number of Topliss-reactive ketones (excluding diaryl/α,β-unsaturated/α-hetero) is 1. The maximum Gasteiger partial charge on any atom is 0.198 e. The first kappa shape index (κ1) is 13.0. The van der Waals surface area contributed by atoms with Crippen molar-refractivity contribution < 1.29 is 14.0 Å². The molecule has 0 aliphatic rings. The minimum Gasteiger partial charge on any atom is -0.398 e. The Morgan fingerprint density at radius 3 is 2.37 bits per heavy atom. The summed E-state index contributed by atoms with van der Waals surface area (Å²) in [4.78, 5) is 23.5. The molecule has 2 aromatic carbocycles. The minimum atomic E-state index is -0.611. The Morgan fingerprint density at radius 2 is 1.74 bits per heavy atom. The summed E-state index contributed by atoms with van der Waals surface area (Å²) in [7, 11) is 0. The lowest BCUT2D eigenvalue weighted by Gasteiger charge is -2.07. The van der Waals surface area contributed by atoms with Crippen LogP contribution in [0.4, 0.5) is 10.1 Å². The number of carbonyl (C=O) groups is 2. The highest BCUT2D eigenvalue weighted by Crippen LogP contribution is 2.20. The largest absolute Gasteiger partial charge is 0.398 e. The molecule has 3 nitrogen and oxygen atoms in total. The molecule has 0 fully saturated rings. The molecule has 2 rings (SSSR count). The van der Waals surface area contributed by atoms with E-state index in [1.807, 2.05) is 0 Å². The van der Waals surface area contributed by atoms with Gasteiger partial charge in [0.1, 0.15) is 5.82 Å². The van der Waals surface area contributed by atoms with E-state index in [0.717, 1.165) is 0 Å². The van der Waals surface area contributed by atoms with Gasteiger partial charge in [0.15, 0.2) is 11.6 Å². The van der Waals surface area contributed by atoms with E-state index >= 15 is 0 Å². The second-order valence-corrected chi connectivity index (χ2v) is 4.17.